The monoisotopic (exact) mass is 353 g/mol. The van der Waals surface area contributed by atoms with Gasteiger partial charge in [0.15, 0.2) is 0 Å². The predicted molar refractivity (Wildman–Crippen MR) is 102 cm³/mol. The lowest BCUT2D eigenvalue weighted by atomic mass is 10.1. The Bertz CT molecular complexity index is 976. The van der Waals surface area contributed by atoms with Crippen molar-refractivity contribution in [3.8, 4) is 0 Å². The molecule has 25 heavy (non-hydrogen) atoms. The molecule has 0 atom stereocenters. The van der Waals surface area contributed by atoms with Gasteiger partial charge in [0, 0.05) is 11.1 Å². The maximum Gasteiger partial charge on any atom is 0.207 e. The highest BCUT2D eigenvalue weighted by Gasteiger charge is 2.21. The van der Waals surface area contributed by atoms with Crippen LogP contribution in [0.25, 0.3) is 10.9 Å². The third-order valence-electron chi connectivity index (χ3n) is 4.39. The quantitative estimate of drug-likeness (QED) is 0.579. The average molecular weight is 353 g/mol. The Labute approximate surface area is 149 Å². The summed E-state index contributed by atoms with van der Waals surface area (Å²) in [6.45, 7) is 4.10. The van der Waals surface area contributed by atoms with Crippen molar-refractivity contribution in [3.05, 3.63) is 65.9 Å². The molecular weight excluding hydrogens is 330 g/mol. The van der Waals surface area contributed by atoms with E-state index >= 15 is 0 Å². The average Bonchev–Trinajstić information content (AvgIpc) is 2.61. The molecule has 0 aliphatic rings. The zero-order valence-corrected chi connectivity index (χ0v) is 15.5. The molecule has 0 bridgehead atoms. The first-order valence-corrected chi connectivity index (χ1v) is 10.2. The van der Waals surface area contributed by atoms with E-state index in [0.717, 1.165) is 42.5 Å². The molecule has 1 aromatic heterocycles. The third kappa shape index (κ3) is 3.74. The first kappa shape index (κ1) is 17.6. The summed E-state index contributed by atoms with van der Waals surface area (Å²) in [5.41, 5.74) is 2.62. The SMILES string of the molecule is CCCCCc1cc(S(=O)(=O)c2ccc(C)cc2)c2ccccc2n1. The van der Waals surface area contributed by atoms with Crippen molar-refractivity contribution >= 4 is 20.7 Å². The van der Waals surface area contributed by atoms with Gasteiger partial charge in [-0.15, -0.1) is 0 Å². The number of para-hydroxylation sites is 1. The number of hydrogen-bond acceptors (Lipinski definition) is 3. The lowest BCUT2D eigenvalue weighted by Gasteiger charge is -2.11. The first-order valence-electron chi connectivity index (χ1n) is 8.73. The van der Waals surface area contributed by atoms with Gasteiger partial charge in [0.25, 0.3) is 0 Å². The van der Waals surface area contributed by atoms with Gasteiger partial charge in [-0.3, -0.25) is 4.98 Å². The molecule has 3 aromatic rings. The first-order chi connectivity index (χ1) is 12.0. The Morgan fingerprint density at radius 3 is 2.40 bits per heavy atom. The fourth-order valence-corrected chi connectivity index (χ4v) is 4.45. The van der Waals surface area contributed by atoms with Crippen LogP contribution in [0.15, 0.2) is 64.4 Å². The number of aromatic nitrogens is 1. The minimum absolute atomic E-state index is 0.328. The van der Waals surface area contributed by atoms with Gasteiger partial charge in [-0.05, 0) is 44.0 Å². The number of fused-ring (bicyclic) bond motifs is 1. The van der Waals surface area contributed by atoms with Gasteiger partial charge in [0.05, 0.1) is 15.3 Å². The van der Waals surface area contributed by atoms with Crippen LogP contribution in [0.4, 0.5) is 0 Å². The number of sulfone groups is 1. The Balaban J connectivity index is 2.14. The number of nitrogens with zero attached hydrogens (tertiary/aromatic N) is 1. The third-order valence-corrected chi connectivity index (χ3v) is 6.20. The van der Waals surface area contributed by atoms with Crippen molar-refractivity contribution in [2.45, 2.75) is 49.3 Å². The van der Waals surface area contributed by atoms with Gasteiger partial charge in [-0.2, -0.15) is 0 Å². The van der Waals surface area contributed by atoms with Crippen molar-refractivity contribution in [3.63, 3.8) is 0 Å². The van der Waals surface area contributed by atoms with E-state index < -0.39 is 9.84 Å². The molecule has 0 saturated heterocycles. The van der Waals surface area contributed by atoms with Crippen LogP contribution in [-0.2, 0) is 16.3 Å². The van der Waals surface area contributed by atoms with Crippen molar-refractivity contribution in [2.75, 3.05) is 0 Å². The number of hydrogen-bond donors (Lipinski definition) is 0. The molecule has 0 radical (unpaired) electrons. The smallest absolute Gasteiger partial charge is 0.207 e. The van der Waals surface area contributed by atoms with Crippen LogP contribution in [0.1, 0.15) is 37.4 Å². The van der Waals surface area contributed by atoms with E-state index in [1.54, 1.807) is 18.2 Å². The van der Waals surface area contributed by atoms with E-state index in [-0.39, 0.29) is 0 Å². The fourth-order valence-electron chi connectivity index (χ4n) is 2.95. The lowest BCUT2D eigenvalue weighted by Crippen LogP contribution is -2.05. The molecule has 0 aliphatic heterocycles. The van der Waals surface area contributed by atoms with Crippen molar-refractivity contribution in [2.24, 2.45) is 0 Å². The summed E-state index contributed by atoms with van der Waals surface area (Å²) in [5.74, 6) is 0. The van der Waals surface area contributed by atoms with E-state index in [1.165, 1.54) is 0 Å². The zero-order valence-electron chi connectivity index (χ0n) is 14.7. The van der Waals surface area contributed by atoms with Gasteiger partial charge in [-0.1, -0.05) is 55.7 Å². The van der Waals surface area contributed by atoms with Crippen LogP contribution in [0.3, 0.4) is 0 Å². The normalized spacial score (nSPS) is 11.8. The summed E-state index contributed by atoms with van der Waals surface area (Å²) < 4.78 is 26.4. The Morgan fingerprint density at radius 1 is 0.960 bits per heavy atom. The minimum atomic E-state index is -3.58. The highest BCUT2D eigenvalue weighted by molar-refractivity contribution is 7.91. The van der Waals surface area contributed by atoms with Crippen molar-refractivity contribution < 1.29 is 8.42 Å². The van der Waals surface area contributed by atoms with Gasteiger partial charge in [-0.25, -0.2) is 8.42 Å². The Hall–Kier alpha value is -2.20. The molecule has 0 unspecified atom stereocenters. The van der Waals surface area contributed by atoms with E-state index in [9.17, 15) is 8.42 Å². The fraction of sp³-hybridized carbons (Fsp3) is 0.286. The molecule has 0 amide bonds. The summed E-state index contributed by atoms with van der Waals surface area (Å²) in [6, 6.07) is 16.2. The molecule has 0 saturated carbocycles. The second-order valence-corrected chi connectivity index (χ2v) is 8.32. The maximum atomic E-state index is 13.2. The van der Waals surface area contributed by atoms with Crippen molar-refractivity contribution in [1.29, 1.82) is 0 Å². The molecule has 0 aliphatic carbocycles. The molecule has 0 spiro atoms. The minimum Gasteiger partial charge on any atom is -0.253 e. The summed E-state index contributed by atoms with van der Waals surface area (Å²) >= 11 is 0. The van der Waals surface area contributed by atoms with Crippen LogP contribution >= 0.6 is 0 Å². The van der Waals surface area contributed by atoms with E-state index in [4.69, 9.17) is 0 Å². The molecular formula is C21H23NO2S. The molecule has 3 nitrogen and oxygen atoms in total. The lowest BCUT2D eigenvalue weighted by molar-refractivity contribution is 0.596. The Kier molecular flexibility index (Phi) is 5.19. The van der Waals surface area contributed by atoms with Crippen LogP contribution in [0.2, 0.25) is 0 Å². The second kappa shape index (κ2) is 7.36. The van der Waals surface area contributed by atoms with Crippen LogP contribution in [0.5, 0.6) is 0 Å². The van der Waals surface area contributed by atoms with Crippen molar-refractivity contribution in [1.82, 2.24) is 4.98 Å². The van der Waals surface area contributed by atoms with E-state index in [0.29, 0.717) is 15.2 Å². The van der Waals surface area contributed by atoms with Crippen LogP contribution in [-0.4, -0.2) is 13.4 Å². The number of unbranched alkanes of at least 4 members (excludes halogenated alkanes) is 2. The summed E-state index contributed by atoms with van der Waals surface area (Å²) in [6.07, 6.45) is 4.07. The van der Waals surface area contributed by atoms with E-state index in [1.807, 2.05) is 43.3 Å². The van der Waals surface area contributed by atoms with Gasteiger partial charge in [0.2, 0.25) is 9.84 Å². The maximum absolute atomic E-state index is 13.2. The topological polar surface area (TPSA) is 47.0 Å². The summed E-state index contributed by atoms with van der Waals surface area (Å²) in [5, 5.41) is 0.683. The molecule has 2 aromatic carbocycles. The Morgan fingerprint density at radius 2 is 1.68 bits per heavy atom. The molecule has 130 valence electrons. The van der Waals surface area contributed by atoms with Crippen LogP contribution < -0.4 is 0 Å². The van der Waals surface area contributed by atoms with Gasteiger partial charge >= 0.3 is 0 Å². The van der Waals surface area contributed by atoms with E-state index in [2.05, 4.69) is 11.9 Å². The number of pyridine rings is 1. The number of aryl methyl sites for hydroxylation is 2. The highest BCUT2D eigenvalue weighted by atomic mass is 32.2. The van der Waals surface area contributed by atoms with Crippen LogP contribution in [0, 0.1) is 6.92 Å². The molecule has 4 heteroatoms. The summed E-state index contributed by atoms with van der Waals surface area (Å²) in [7, 11) is -3.58. The van der Waals surface area contributed by atoms with Gasteiger partial charge in [0.1, 0.15) is 0 Å². The molecule has 0 fully saturated rings. The number of benzene rings is 2. The predicted octanol–water partition coefficient (Wildman–Crippen LogP) is 5.11. The second-order valence-electron chi connectivity index (χ2n) is 6.40. The largest absolute Gasteiger partial charge is 0.253 e. The van der Waals surface area contributed by atoms with Gasteiger partial charge < -0.3 is 0 Å². The zero-order chi connectivity index (χ0) is 17.9. The molecule has 0 N–H and O–H groups in total. The molecule has 3 rings (SSSR count). The standard InChI is InChI=1S/C21H23NO2S/c1-3-4-5-8-17-15-21(19-9-6-7-10-20(19)22-17)25(23,24)18-13-11-16(2)12-14-18/h6-7,9-15H,3-5,8H2,1-2H3. The summed E-state index contributed by atoms with van der Waals surface area (Å²) in [4.78, 5) is 5.35. The molecule has 1 heterocycles. The number of rotatable bonds is 6. The highest BCUT2D eigenvalue weighted by Crippen LogP contribution is 2.29.